The molecule has 282 valence electrons. The van der Waals surface area contributed by atoms with Crippen LogP contribution in [0, 0.1) is 11.8 Å². The van der Waals surface area contributed by atoms with E-state index in [-0.39, 0.29) is 35.6 Å². The molecule has 0 unspecified atom stereocenters. The van der Waals surface area contributed by atoms with Crippen molar-refractivity contribution >= 4 is 11.6 Å². The summed E-state index contributed by atoms with van der Waals surface area (Å²) >= 11 is 0. The molecule has 5 rings (SSSR count). The molecule has 1 aliphatic rings. The van der Waals surface area contributed by atoms with Gasteiger partial charge in [-0.1, -0.05) is 26.0 Å². The molecule has 0 aliphatic carbocycles. The van der Waals surface area contributed by atoms with Crippen LogP contribution in [0.2, 0.25) is 0 Å². The van der Waals surface area contributed by atoms with Crippen molar-refractivity contribution in [3.05, 3.63) is 95.1 Å². The number of Topliss-reactive ketones (excluding diaryl/α,β-unsaturated/α-hetero) is 2. The quantitative estimate of drug-likeness (QED) is 0.104. The van der Waals surface area contributed by atoms with Gasteiger partial charge in [-0.3, -0.25) is 9.59 Å². The molecular weight excluding hydrogens is 680 g/mol. The molecule has 4 aromatic carbocycles. The smallest absolute Gasteiger partial charge is 0.203 e. The standard InChI is InChI=1S/C42H48O11/c1-23-24(2)42(30-14-18-34(38(22-30)50-10)52-26(4)40(44)28-12-16-32(46-6)36(20-28)48-8)53-41(23)29-13-17-33(37(21-29)49-9)51-25(3)39(43)27-11-15-31(45-5)35(19-27)47-7/h11-26,41-42H,1-10H3/t23-,24-,25-,26-,41+,42+/m1/s1. The van der Waals surface area contributed by atoms with Crippen molar-refractivity contribution in [2.75, 3.05) is 42.7 Å². The van der Waals surface area contributed by atoms with Gasteiger partial charge in [-0.05, 0) is 97.5 Å². The molecule has 11 heteroatoms. The first kappa shape index (κ1) is 38.8. The highest BCUT2D eigenvalue weighted by Crippen LogP contribution is 2.51. The molecule has 11 nitrogen and oxygen atoms in total. The van der Waals surface area contributed by atoms with Gasteiger partial charge in [0.2, 0.25) is 11.6 Å². The fourth-order valence-electron chi connectivity index (χ4n) is 6.57. The van der Waals surface area contributed by atoms with Gasteiger partial charge in [0.1, 0.15) is 0 Å². The van der Waals surface area contributed by atoms with Gasteiger partial charge in [0, 0.05) is 11.1 Å². The average Bonchev–Trinajstić information content (AvgIpc) is 3.49. The molecule has 0 aromatic heterocycles. The SMILES string of the molecule is COc1ccc(C(=O)[C@@H](C)Oc2ccc([C@H]3O[C@H](c4ccc(O[C@H](C)C(=O)c5ccc(OC)c(OC)c5)c(OC)c4)[C@H](C)[C@H]3C)cc2OC)cc1OC. The lowest BCUT2D eigenvalue weighted by Crippen LogP contribution is -2.24. The molecule has 0 N–H and O–H groups in total. The topological polar surface area (TPSA) is 117 Å². The van der Waals surface area contributed by atoms with Crippen LogP contribution in [0.3, 0.4) is 0 Å². The van der Waals surface area contributed by atoms with Crippen molar-refractivity contribution in [2.24, 2.45) is 11.8 Å². The third-order valence-corrected chi connectivity index (χ3v) is 9.79. The summed E-state index contributed by atoms with van der Waals surface area (Å²) < 4.78 is 51.7. The molecule has 0 spiro atoms. The van der Waals surface area contributed by atoms with Crippen LogP contribution in [0.4, 0.5) is 0 Å². The Bertz CT molecular complexity index is 1780. The van der Waals surface area contributed by atoms with Crippen molar-refractivity contribution in [3.63, 3.8) is 0 Å². The molecular formula is C42H48O11. The summed E-state index contributed by atoms with van der Waals surface area (Å²) in [5.41, 5.74) is 2.72. The van der Waals surface area contributed by atoms with Crippen LogP contribution >= 0.6 is 0 Å². The van der Waals surface area contributed by atoms with Crippen molar-refractivity contribution < 1.29 is 52.2 Å². The summed E-state index contributed by atoms with van der Waals surface area (Å²) in [7, 11) is 9.26. The van der Waals surface area contributed by atoms with Crippen LogP contribution in [0.15, 0.2) is 72.8 Å². The summed E-state index contributed by atoms with van der Waals surface area (Å²) in [6.45, 7) is 7.71. The molecule has 4 aromatic rings. The van der Waals surface area contributed by atoms with Gasteiger partial charge in [0.25, 0.3) is 0 Å². The monoisotopic (exact) mass is 728 g/mol. The minimum Gasteiger partial charge on any atom is -0.493 e. The van der Waals surface area contributed by atoms with Gasteiger partial charge >= 0.3 is 0 Å². The molecule has 1 fully saturated rings. The summed E-state index contributed by atoms with van der Waals surface area (Å²) in [5.74, 6) is 3.69. The van der Waals surface area contributed by atoms with E-state index >= 15 is 0 Å². The molecule has 0 radical (unpaired) electrons. The summed E-state index contributed by atoms with van der Waals surface area (Å²) in [6, 6.07) is 21.3. The minimum absolute atomic E-state index is 0.142. The third kappa shape index (κ3) is 8.15. The highest BCUT2D eigenvalue weighted by Gasteiger charge is 2.41. The second-order valence-electron chi connectivity index (χ2n) is 12.9. The fourth-order valence-corrected chi connectivity index (χ4v) is 6.57. The van der Waals surface area contributed by atoms with Crippen molar-refractivity contribution in [3.8, 4) is 46.0 Å². The number of benzene rings is 4. The first-order valence-corrected chi connectivity index (χ1v) is 17.3. The zero-order valence-electron chi connectivity index (χ0n) is 31.9. The van der Waals surface area contributed by atoms with Crippen LogP contribution in [-0.2, 0) is 4.74 Å². The Kier molecular flexibility index (Phi) is 12.4. The predicted octanol–water partition coefficient (Wildman–Crippen LogP) is 8.12. The number of hydrogen-bond donors (Lipinski definition) is 0. The second-order valence-corrected chi connectivity index (χ2v) is 12.9. The molecule has 53 heavy (non-hydrogen) atoms. The number of rotatable bonds is 16. The van der Waals surface area contributed by atoms with E-state index in [0.717, 1.165) is 11.1 Å². The average molecular weight is 729 g/mol. The van der Waals surface area contributed by atoms with Crippen LogP contribution in [0.25, 0.3) is 0 Å². The Balaban J connectivity index is 1.29. The number of ketones is 2. The van der Waals surface area contributed by atoms with E-state index in [9.17, 15) is 9.59 Å². The Morgan fingerprint density at radius 2 is 0.792 bits per heavy atom. The maximum absolute atomic E-state index is 13.3. The first-order valence-electron chi connectivity index (χ1n) is 17.3. The zero-order valence-corrected chi connectivity index (χ0v) is 31.9. The lowest BCUT2D eigenvalue weighted by molar-refractivity contribution is 0.0287. The minimum atomic E-state index is -0.798. The van der Waals surface area contributed by atoms with Gasteiger partial charge < -0.3 is 42.6 Å². The molecule has 1 saturated heterocycles. The highest BCUT2D eigenvalue weighted by molar-refractivity contribution is 6.00. The van der Waals surface area contributed by atoms with Crippen molar-refractivity contribution in [2.45, 2.75) is 52.1 Å². The number of ether oxygens (including phenoxy) is 9. The molecule has 0 amide bonds. The van der Waals surface area contributed by atoms with Crippen LogP contribution in [0.1, 0.15) is 71.7 Å². The maximum atomic E-state index is 13.3. The molecule has 0 bridgehead atoms. The molecule has 1 aliphatic heterocycles. The van der Waals surface area contributed by atoms with Gasteiger partial charge in [-0.2, -0.15) is 0 Å². The normalized spacial score (nSPS) is 19.1. The zero-order chi connectivity index (χ0) is 38.4. The van der Waals surface area contributed by atoms with Crippen LogP contribution < -0.4 is 37.9 Å². The number of carbonyl (C=O) groups is 2. The summed E-state index contributed by atoms with van der Waals surface area (Å²) in [4.78, 5) is 26.5. The fraction of sp³-hybridized carbons (Fsp3) is 0.381. The van der Waals surface area contributed by atoms with Gasteiger partial charge in [-0.25, -0.2) is 0 Å². The number of carbonyl (C=O) groups excluding carboxylic acids is 2. The molecule has 1 heterocycles. The Morgan fingerprint density at radius 1 is 0.472 bits per heavy atom. The number of hydrogen-bond acceptors (Lipinski definition) is 11. The van der Waals surface area contributed by atoms with E-state index < -0.39 is 12.2 Å². The predicted molar refractivity (Wildman–Crippen MR) is 199 cm³/mol. The first-order chi connectivity index (χ1) is 25.5. The van der Waals surface area contributed by atoms with E-state index in [0.29, 0.717) is 57.1 Å². The van der Waals surface area contributed by atoms with E-state index in [1.54, 1.807) is 90.8 Å². The van der Waals surface area contributed by atoms with Crippen molar-refractivity contribution in [1.82, 2.24) is 0 Å². The Morgan fingerprint density at radius 3 is 1.13 bits per heavy atom. The number of methoxy groups -OCH3 is 6. The highest BCUT2D eigenvalue weighted by atomic mass is 16.5. The Labute approximate surface area is 311 Å². The van der Waals surface area contributed by atoms with E-state index in [4.69, 9.17) is 42.6 Å². The van der Waals surface area contributed by atoms with Gasteiger partial charge in [0.05, 0.1) is 54.9 Å². The second kappa shape index (κ2) is 16.9. The summed E-state index contributed by atoms with van der Waals surface area (Å²) in [6.07, 6.45) is -2.09. The van der Waals surface area contributed by atoms with Crippen LogP contribution in [-0.4, -0.2) is 66.4 Å². The van der Waals surface area contributed by atoms with E-state index in [2.05, 4.69) is 13.8 Å². The van der Waals surface area contributed by atoms with Gasteiger partial charge in [0.15, 0.2) is 58.2 Å². The van der Waals surface area contributed by atoms with Crippen molar-refractivity contribution in [1.29, 1.82) is 0 Å². The molecule has 0 saturated carbocycles. The third-order valence-electron chi connectivity index (χ3n) is 9.79. The van der Waals surface area contributed by atoms with Crippen LogP contribution in [0.5, 0.6) is 46.0 Å². The lowest BCUT2D eigenvalue weighted by atomic mass is 9.85. The largest absolute Gasteiger partial charge is 0.493 e. The lowest BCUT2D eigenvalue weighted by Gasteiger charge is -2.21. The maximum Gasteiger partial charge on any atom is 0.203 e. The molecule has 6 atom stereocenters. The van der Waals surface area contributed by atoms with Gasteiger partial charge in [-0.15, -0.1) is 0 Å². The Hall–Kier alpha value is -5.42. The van der Waals surface area contributed by atoms with E-state index in [1.165, 1.54) is 14.2 Å². The summed E-state index contributed by atoms with van der Waals surface area (Å²) in [5, 5.41) is 0. The van der Waals surface area contributed by atoms with E-state index in [1.807, 2.05) is 24.3 Å².